The lowest BCUT2D eigenvalue weighted by atomic mass is 9.94. The Labute approximate surface area is 121 Å². The summed E-state index contributed by atoms with van der Waals surface area (Å²) in [5, 5.41) is 2.81. The van der Waals surface area contributed by atoms with Crippen molar-refractivity contribution in [3.8, 4) is 0 Å². The molecule has 1 saturated carbocycles. The average Bonchev–Trinajstić information content (AvgIpc) is 2.38. The Hall–Kier alpha value is -0.910. The van der Waals surface area contributed by atoms with Crippen LogP contribution in [0.4, 0.5) is 5.69 Å². The molecule has 1 fully saturated rings. The standard InChI is InChI=1S/C14H19BrN2O2/c15-10-2-1-3-12(8-10)17-14(18)9-19-13-6-4-11(16)5-7-13/h1-3,8,11,13H,4-7,9,16H2,(H,17,18). The van der Waals surface area contributed by atoms with Crippen molar-refractivity contribution in [2.75, 3.05) is 11.9 Å². The molecular formula is C14H19BrN2O2. The molecule has 1 aliphatic rings. The van der Waals surface area contributed by atoms with Crippen LogP contribution in [0.5, 0.6) is 0 Å². The number of anilines is 1. The summed E-state index contributed by atoms with van der Waals surface area (Å²) < 4.78 is 6.55. The van der Waals surface area contributed by atoms with Crippen LogP contribution in [0, 0.1) is 0 Å². The topological polar surface area (TPSA) is 64.3 Å². The molecule has 0 heterocycles. The van der Waals surface area contributed by atoms with Crippen molar-refractivity contribution in [2.45, 2.75) is 37.8 Å². The van der Waals surface area contributed by atoms with Gasteiger partial charge in [0.05, 0.1) is 6.10 Å². The highest BCUT2D eigenvalue weighted by Gasteiger charge is 2.19. The predicted molar refractivity (Wildman–Crippen MR) is 79.0 cm³/mol. The normalized spacial score (nSPS) is 23.1. The summed E-state index contributed by atoms with van der Waals surface area (Å²) in [6, 6.07) is 7.80. The monoisotopic (exact) mass is 326 g/mol. The van der Waals surface area contributed by atoms with Crippen LogP contribution in [-0.4, -0.2) is 24.7 Å². The van der Waals surface area contributed by atoms with Gasteiger partial charge in [-0.25, -0.2) is 0 Å². The third-order valence-corrected chi connectivity index (χ3v) is 3.77. The highest BCUT2D eigenvalue weighted by atomic mass is 79.9. The number of rotatable bonds is 4. The molecule has 1 amide bonds. The quantitative estimate of drug-likeness (QED) is 0.894. The molecule has 5 heteroatoms. The van der Waals surface area contributed by atoms with E-state index in [1.54, 1.807) is 0 Å². The first-order valence-electron chi connectivity index (χ1n) is 6.56. The van der Waals surface area contributed by atoms with Crippen LogP contribution >= 0.6 is 15.9 Å². The van der Waals surface area contributed by atoms with Crippen molar-refractivity contribution in [3.05, 3.63) is 28.7 Å². The first-order valence-corrected chi connectivity index (χ1v) is 7.35. The molecule has 1 aromatic carbocycles. The van der Waals surface area contributed by atoms with Gasteiger partial charge in [0, 0.05) is 16.2 Å². The summed E-state index contributed by atoms with van der Waals surface area (Å²) in [5.41, 5.74) is 6.60. The Morgan fingerprint density at radius 2 is 2.11 bits per heavy atom. The van der Waals surface area contributed by atoms with Gasteiger partial charge in [-0.1, -0.05) is 22.0 Å². The zero-order valence-electron chi connectivity index (χ0n) is 10.8. The molecule has 4 nitrogen and oxygen atoms in total. The minimum atomic E-state index is -0.118. The third kappa shape index (κ3) is 4.93. The SMILES string of the molecule is NC1CCC(OCC(=O)Nc2cccc(Br)c2)CC1. The average molecular weight is 327 g/mol. The minimum absolute atomic E-state index is 0.104. The maximum absolute atomic E-state index is 11.8. The number of nitrogens with one attached hydrogen (secondary N) is 1. The molecule has 0 atom stereocenters. The smallest absolute Gasteiger partial charge is 0.250 e. The van der Waals surface area contributed by atoms with Gasteiger partial charge in [0.1, 0.15) is 6.61 Å². The third-order valence-electron chi connectivity index (χ3n) is 3.28. The summed E-state index contributed by atoms with van der Waals surface area (Å²) in [4.78, 5) is 11.8. The number of benzene rings is 1. The van der Waals surface area contributed by atoms with Crippen LogP contribution in [0.15, 0.2) is 28.7 Å². The van der Waals surface area contributed by atoms with E-state index in [4.69, 9.17) is 10.5 Å². The number of carbonyl (C=O) groups excluding carboxylic acids is 1. The molecule has 0 aliphatic heterocycles. The van der Waals surface area contributed by atoms with E-state index in [0.29, 0.717) is 6.04 Å². The van der Waals surface area contributed by atoms with Gasteiger partial charge in [0.25, 0.3) is 0 Å². The second-order valence-electron chi connectivity index (χ2n) is 4.91. The number of hydrogen-bond acceptors (Lipinski definition) is 3. The van der Waals surface area contributed by atoms with E-state index >= 15 is 0 Å². The second-order valence-corrected chi connectivity index (χ2v) is 5.82. The van der Waals surface area contributed by atoms with Crippen molar-refractivity contribution in [3.63, 3.8) is 0 Å². The van der Waals surface area contributed by atoms with Gasteiger partial charge in [-0.2, -0.15) is 0 Å². The van der Waals surface area contributed by atoms with Crippen LogP contribution in [0.25, 0.3) is 0 Å². The van der Waals surface area contributed by atoms with Gasteiger partial charge in [0.2, 0.25) is 5.91 Å². The fourth-order valence-electron chi connectivity index (χ4n) is 2.21. The molecule has 2 rings (SSSR count). The Bertz CT molecular complexity index is 431. The Kier molecular flexibility index (Phi) is 5.36. The molecule has 0 bridgehead atoms. The highest BCUT2D eigenvalue weighted by Crippen LogP contribution is 2.20. The molecule has 0 aromatic heterocycles. The lowest BCUT2D eigenvalue weighted by molar-refractivity contribution is -0.123. The van der Waals surface area contributed by atoms with Gasteiger partial charge in [0.15, 0.2) is 0 Å². The summed E-state index contributed by atoms with van der Waals surface area (Å²) in [7, 11) is 0. The minimum Gasteiger partial charge on any atom is -0.368 e. The molecule has 0 radical (unpaired) electrons. The molecule has 0 saturated heterocycles. The molecular weight excluding hydrogens is 308 g/mol. The van der Waals surface area contributed by atoms with Gasteiger partial charge in [-0.15, -0.1) is 0 Å². The van der Waals surface area contributed by atoms with Crippen LogP contribution in [0.2, 0.25) is 0 Å². The van der Waals surface area contributed by atoms with Crippen LogP contribution < -0.4 is 11.1 Å². The number of nitrogens with two attached hydrogens (primary N) is 1. The van der Waals surface area contributed by atoms with Gasteiger partial charge < -0.3 is 15.8 Å². The fraction of sp³-hybridized carbons (Fsp3) is 0.500. The van der Waals surface area contributed by atoms with Gasteiger partial charge in [-0.3, -0.25) is 4.79 Å². The van der Waals surface area contributed by atoms with Crippen LogP contribution in [0.1, 0.15) is 25.7 Å². The lowest BCUT2D eigenvalue weighted by Gasteiger charge is -2.25. The lowest BCUT2D eigenvalue weighted by Crippen LogP contribution is -2.32. The molecule has 19 heavy (non-hydrogen) atoms. The van der Waals surface area contributed by atoms with Crippen molar-refractivity contribution >= 4 is 27.5 Å². The largest absolute Gasteiger partial charge is 0.368 e. The number of carbonyl (C=O) groups is 1. The van der Waals surface area contributed by atoms with Crippen molar-refractivity contribution < 1.29 is 9.53 Å². The van der Waals surface area contributed by atoms with E-state index in [-0.39, 0.29) is 18.6 Å². The second kappa shape index (κ2) is 7.03. The van der Waals surface area contributed by atoms with E-state index in [1.165, 1.54) is 0 Å². The van der Waals surface area contributed by atoms with Gasteiger partial charge in [-0.05, 0) is 43.9 Å². The van der Waals surface area contributed by atoms with E-state index in [0.717, 1.165) is 35.8 Å². The summed E-state index contributed by atoms with van der Waals surface area (Å²) in [6.07, 6.45) is 4.04. The Morgan fingerprint density at radius 1 is 1.37 bits per heavy atom. The van der Waals surface area contributed by atoms with E-state index in [9.17, 15) is 4.79 Å². The van der Waals surface area contributed by atoms with Crippen molar-refractivity contribution in [1.82, 2.24) is 0 Å². The first-order chi connectivity index (χ1) is 9.13. The maximum atomic E-state index is 11.8. The molecule has 1 aliphatic carbocycles. The van der Waals surface area contributed by atoms with E-state index in [1.807, 2.05) is 24.3 Å². The van der Waals surface area contributed by atoms with Crippen molar-refractivity contribution in [2.24, 2.45) is 5.73 Å². The van der Waals surface area contributed by atoms with E-state index < -0.39 is 0 Å². The highest BCUT2D eigenvalue weighted by molar-refractivity contribution is 9.10. The predicted octanol–water partition coefficient (Wildman–Crippen LogP) is 2.67. The number of hydrogen-bond donors (Lipinski definition) is 2. The summed E-state index contributed by atoms with van der Waals surface area (Å²) in [5.74, 6) is -0.118. The fourth-order valence-corrected chi connectivity index (χ4v) is 2.61. The summed E-state index contributed by atoms with van der Waals surface area (Å²) >= 11 is 3.36. The number of amides is 1. The maximum Gasteiger partial charge on any atom is 0.250 e. The zero-order valence-corrected chi connectivity index (χ0v) is 12.4. The van der Waals surface area contributed by atoms with E-state index in [2.05, 4.69) is 21.2 Å². The molecule has 104 valence electrons. The van der Waals surface area contributed by atoms with Gasteiger partial charge >= 0.3 is 0 Å². The zero-order chi connectivity index (χ0) is 13.7. The van der Waals surface area contributed by atoms with Crippen molar-refractivity contribution in [1.29, 1.82) is 0 Å². The molecule has 0 spiro atoms. The molecule has 1 aromatic rings. The molecule has 0 unspecified atom stereocenters. The summed E-state index contributed by atoms with van der Waals surface area (Å²) in [6.45, 7) is 0.104. The number of ether oxygens (including phenoxy) is 1. The Balaban J connectivity index is 1.73. The first kappa shape index (κ1) is 14.5. The number of halogens is 1. The Morgan fingerprint density at radius 3 is 2.79 bits per heavy atom. The van der Waals surface area contributed by atoms with Crippen LogP contribution in [0.3, 0.4) is 0 Å². The molecule has 3 N–H and O–H groups in total. The van der Waals surface area contributed by atoms with Crippen LogP contribution in [-0.2, 0) is 9.53 Å².